The van der Waals surface area contributed by atoms with Crippen LogP contribution in [0.4, 0.5) is 11.4 Å². The number of nitrogens with one attached hydrogen (secondary N) is 1. The van der Waals surface area contributed by atoms with E-state index in [1.165, 1.54) is 5.56 Å². The van der Waals surface area contributed by atoms with E-state index in [0.29, 0.717) is 6.54 Å². The van der Waals surface area contributed by atoms with E-state index in [1.54, 1.807) is 0 Å². The number of pyridine rings is 1. The molecule has 0 amide bonds. The zero-order valence-corrected chi connectivity index (χ0v) is 15.2. The number of para-hydroxylation sites is 1. The molecule has 5 rings (SSSR count). The molecule has 3 aromatic carbocycles. The Morgan fingerprint density at radius 1 is 0.857 bits per heavy atom. The lowest BCUT2D eigenvalue weighted by Gasteiger charge is -2.09. The smallest absolute Gasteiger partial charge is 0.137 e. The van der Waals surface area contributed by atoms with Crippen molar-refractivity contribution in [1.82, 2.24) is 4.98 Å². The van der Waals surface area contributed by atoms with Crippen molar-refractivity contribution >= 4 is 33.1 Å². The van der Waals surface area contributed by atoms with Gasteiger partial charge in [0.15, 0.2) is 0 Å². The van der Waals surface area contributed by atoms with E-state index < -0.39 is 0 Å². The molecule has 3 N–H and O–H groups in total. The summed E-state index contributed by atoms with van der Waals surface area (Å²) in [5, 5.41) is 6.73. The van der Waals surface area contributed by atoms with Gasteiger partial charge in [0.2, 0.25) is 0 Å². The minimum atomic E-state index is 0.710. The van der Waals surface area contributed by atoms with Crippen LogP contribution in [0.5, 0.6) is 0 Å². The predicted molar refractivity (Wildman–Crippen MR) is 115 cm³/mol. The Kier molecular flexibility index (Phi) is 3.95. The molecule has 0 aliphatic carbocycles. The van der Waals surface area contributed by atoms with E-state index in [-0.39, 0.29) is 0 Å². The van der Waals surface area contributed by atoms with Crippen molar-refractivity contribution in [2.45, 2.75) is 6.54 Å². The summed E-state index contributed by atoms with van der Waals surface area (Å²) in [6, 6.07) is 24.3. The first-order chi connectivity index (χ1) is 13.8. The molecule has 5 aromatic rings. The maximum atomic E-state index is 6.08. The molecular formula is C24H19N3O. The van der Waals surface area contributed by atoms with Crippen molar-refractivity contribution in [3.8, 4) is 11.3 Å². The van der Waals surface area contributed by atoms with Crippen LogP contribution >= 0.6 is 0 Å². The van der Waals surface area contributed by atoms with E-state index in [2.05, 4.69) is 40.6 Å². The summed E-state index contributed by atoms with van der Waals surface area (Å²) >= 11 is 0. The molecule has 0 bridgehead atoms. The second-order valence-corrected chi connectivity index (χ2v) is 6.87. The van der Waals surface area contributed by atoms with Gasteiger partial charge < -0.3 is 15.5 Å². The highest BCUT2D eigenvalue weighted by Gasteiger charge is 2.10. The number of aromatic nitrogens is 1. The molecule has 0 saturated heterocycles. The number of hydrogen-bond donors (Lipinski definition) is 2. The van der Waals surface area contributed by atoms with Gasteiger partial charge in [-0.1, -0.05) is 36.4 Å². The molecule has 2 heterocycles. The molecule has 0 aliphatic rings. The Morgan fingerprint density at radius 3 is 2.68 bits per heavy atom. The fraction of sp³-hybridized carbons (Fsp3) is 0.0417. The fourth-order valence-electron chi connectivity index (χ4n) is 3.48. The summed E-state index contributed by atoms with van der Waals surface area (Å²) in [4.78, 5) is 4.40. The van der Waals surface area contributed by atoms with E-state index in [0.717, 1.165) is 44.4 Å². The third kappa shape index (κ3) is 3.05. The Labute approximate surface area is 162 Å². The maximum absolute atomic E-state index is 6.08. The minimum absolute atomic E-state index is 0.710. The summed E-state index contributed by atoms with van der Waals surface area (Å²) in [5.41, 5.74) is 10.7. The topological polar surface area (TPSA) is 64.1 Å². The zero-order chi connectivity index (χ0) is 18.9. The van der Waals surface area contributed by atoms with Crippen molar-refractivity contribution in [1.29, 1.82) is 0 Å². The quantitative estimate of drug-likeness (QED) is 0.393. The number of rotatable bonds is 4. The number of furan rings is 1. The summed E-state index contributed by atoms with van der Waals surface area (Å²) in [6.45, 7) is 0.710. The summed E-state index contributed by atoms with van der Waals surface area (Å²) in [5.74, 6) is 0.834. The standard InChI is InChI=1S/C24H19N3O/c25-19-5-3-6-20(12-19)27-13-16-8-9-18-14-26-15-22(21(18)10-16)24-11-17-4-1-2-7-23(17)28-24/h1-12,14-15,27H,13,25H2. The van der Waals surface area contributed by atoms with Crippen LogP contribution in [0.1, 0.15) is 5.56 Å². The monoisotopic (exact) mass is 365 g/mol. The molecule has 136 valence electrons. The van der Waals surface area contributed by atoms with Gasteiger partial charge in [-0.3, -0.25) is 4.98 Å². The van der Waals surface area contributed by atoms with E-state index in [4.69, 9.17) is 10.2 Å². The SMILES string of the molecule is Nc1cccc(NCc2ccc3cncc(-c4cc5ccccc5o4)c3c2)c1. The largest absolute Gasteiger partial charge is 0.456 e. The van der Waals surface area contributed by atoms with Crippen LogP contribution in [0.25, 0.3) is 33.1 Å². The van der Waals surface area contributed by atoms with Crippen LogP contribution in [0.3, 0.4) is 0 Å². The average molecular weight is 365 g/mol. The molecule has 0 radical (unpaired) electrons. The van der Waals surface area contributed by atoms with Gasteiger partial charge in [-0.05, 0) is 47.3 Å². The van der Waals surface area contributed by atoms with Gasteiger partial charge in [-0.25, -0.2) is 0 Å². The minimum Gasteiger partial charge on any atom is -0.456 e. The van der Waals surface area contributed by atoms with E-state index in [9.17, 15) is 0 Å². The molecule has 28 heavy (non-hydrogen) atoms. The highest BCUT2D eigenvalue weighted by atomic mass is 16.3. The second kappa shape index (κ2) is 6.74. The lowest BCUT2D eigenvalue weighted by Crippen LogP contribution is -2.00. The number of nitrogen functional groups attached to an aromatic ring is 1. The molecule has 0 fully saturated rings. The second-order valence-electron chi connectivity index (χ2n) is 6.87. The highest BCUT2D eigenvalue weighted by molar-refractivity contribution is 5.97. The van der Waals surface area contributed by atoms with Gasteiger partial charge in [0.25, 0.3) is 0 Å². The first-order valence-corrected chi connectivity index (χ1v) is 9.21. The van der Waals surface area contributed by atoms with Crippen LogP contribution in [-0.4, -0.2) is 4.98 Å². The number of nitrogens with two attached hydrogens (primary N) is 1. The lowest BCUT2D eigenvalue weighted by molar-refractivity contribution is 0.632. The maximum Gasteiger partial charge on any atom is 0.137 e. The first kappa shape index (κ1) is 16.4. The van der Waals surface area contributed by atoms with Gasteiger partial charge >= 0.3 is 0 Å². The van der Waals surface area contributed by atoms with Crippen LogP contribution in [-0.2, 0) is 6.54 Å². The molecule has 0 spiro atoms. The Bertz CT molecular complexity index is 1260. The van der Waals surface area contributed by atoms with Gasteiger partial charge in [0, 0.05) is 46.6 Å². The molecule has 2 aromatic heterocycles. The predicted octanol–water partition coefficient (Wildman–Crippen LogP) is 5.84. The lowest BCUT2D eigenvalue weighted by atomic mass is 10.0. The number of anilines is 2. The molecule has 0 saturated carbocycles. The van der Waals surface area contributed by atoms with Gasteiger partial charge in [0.1, 0.15) is 11.3 Å². The third-order valence-corrected chi connectivity index (χ3v) is 4.90. The highest BCUT2D eigenvalue weighted by Crippen LogP contribution is 2.32. The third-order valence-electron chi connectivity index (χ3n) is 4.90. The molecule has 0 aliphatic heterocycles. The zero-order valence-electron chi connectivity index (χ0n) is 15.2. The number of hydrogen-bond acceptors (Lipinski definition) is 4. The van der Waals surface area contributed by atoms with Gasteiger partial charge in [0.05, 0.1) is 0 Å². The number of benzene rings is 3. The molecule has 0 unspecified atom stereocenters. The summed E-state index contributed by atoms with van der Waals surface area (Å²) in [6.07, 6.45) is 3.76. The first-order valence-electron chi connectivity index (χ1n) is 9.21. The molecular weight excluding hydrogens is 346 g/mol. The van der Waals surface area contributed by atoms with Crippen molar-refractivity contribution in [2.24, 2.45) is 0 Å². The van der Waals surface area contributed by atoms with E-state index >= 15 is 0 Å². The number of fused-ring (bicyclic) bond motifs is 2. The van der Waals surface area contributed by atoms with Crippen molar-refractivity contribution in [3.63, 3.8) is 0 Å². The summed E-state index contributed by atoms with van der Waals surface area (Å²) < 4.78 is 6.08. The Balaban J connectivity index is 1.52. The molecule has 4 heteroatoms. The van der Waals surface area contributed by atoms with E-state index in [1.807, 2.05) is 54.9 Å². The Hall–Kier alpha value is -3.79. The normalized spacial score (nSPS) is 11.1. The van der Waals surface area contributed by atoms with Crippen LogP contribution in [0, 0.1) is 0 Å². The van der Waals surface area contributed by atoms with Crippen LogP contribution in [0.2, 0.25) is 0 Å². The fourth-order valence-corrected chi connectivity index (χ4v) is 3.48. The van der Waals surface area contributed by atoms with Gasteiger partial charge in [-0.15, -0.1) is 0 Å². The van der Waals surface area contributed by atoms with Crippen molar-refractivity contribution < 1.29 is 4.42 Å². The molecule has 0 atom stereocenters. The average Bonchev–Trinajstić information content (AvgIpc) is 3.16. The van der Waals surface area contributed by atoms with Crippen molar-refractivity contribution in [3.05, 3.63) is 90.8 Å². The number of nitrogens with zero attached hydrogens (tertiary/aromatic N) is 1. The van der Waals surface area contributed by atoms with Crippen LogP contribution in [0.15, 0.2) is 89.6 Å². The molecule has 4 nitrogen and oxygen atoms in total. The Morgan fingerprint density at radius 2 is 1.79 bits per heavy atom. The van der Waals surface area contributed by atoms with Crippen molar-refractivity contribution in [2.75, 3.05) is 11.1 Å². The van der Waals surface area contributed by atoms with Gasteiger partial charge in [-0.2, -0.15) is 0 Å². The van der Waals surface area contributed by atoms with Crippen LogP contribution < -0.4 is 11.1 Å². The summed E-state index contributed by atoms with van der Waals surface area (Å²) in [7, 11) is 0.